The first-order valence-corrected chi connectivity index (χ1v) is 8.35. The van der Waals surface area contributed by atoms with Gasteiger partial charge in [-0.3, -0.25) is 9.59 Å². The highest BCUT2D eigenvalue weighted by Gasteiger charge is 2.13. The standard InChI is InChI=1S/C16H16BrNO2S/c1-11(15-3-2-10-21-15)18-16(20)9-8-14(19)12-4-6-13(17)7-5-12/h2-7,10-11H,8-9H2,1H3,(H,18,20)/t11-/m0/s1. The highest BCUT2D eigenvalue weighted by atomic mass is 79.9. The van der Waals surface area contributed by atoms with Crippen molar-refractivity contribution in [1.82, 2.24) is 5.32 Å². The number of Topliss-reactive ketones (excluding diaryl/α,β-unsaturated/α-hetero) is 1. The van der Waals surface area contributed by atoms with E-state index in [0.29, 0.717) is 5.56 Å². The Morgan fingerprint density at radius 3 is 2.52 bits per heavy atom. The molecule has 5 heteroatoms. The van der Waals surface area contributed by atoms with Gasteiger partial charge in [0.15, 0.2) is 5.78 Å². The average Bonchev–Trinajstić information content (AvgIpc) is 3.00. The minimum atomic E-state index is -0.0960. The number of thiophene rings is 1. The lowest BCUT2D eigenvalue weighted by atomic mass is 10.1. The number of amides is 1. The molecule has 0 bridgehead atoms. The molecule has 0 saturated carbocycles. The predicted molar refractivity (Wildman–Crippen MR) is 88.6 cm³/mol. The number of benzene rings is 1. The van der Waals surface area contributed by atoms with Crippen LogP contribution >= 0.6 is 27.3 Å². The number of halogens is 1. The monoisotopic (exact) mass is 365 g/mol. The van der Waals surface area contributed by atoms with Gasteiger partial charge in [0.25, 0.3) is 0 Å². The van der Waals surface area contributed by atoms with Crippen LogP contribution in [0.2, 0.25) is 0 Å². The van der Waals surface area contributed by atoms with Crippen LogP contribution in [-0.4, -0.2) is 11.7 Å². The average molecular weight is 366 g/mol. The van der Waals surface area contributed by atoms with E-state index in [1.807, 2.05) is 36.6 Å². The van der Waals surface area contributed by atoms with Crippen LogP contribution in [0, 0.1) is 0 Å². The van der Waals surface area contributed by atoms with Crippen LogP contribution in [0.3, 0.4) is 0 Å². The van der Waals surface area contributed by atoms with Gasteiger partial charge < -0.3 is 5.32 Å². The van der Waals surface area contributed by atoms with E-state index < -0.39 is 0 Å². The maximum atomic E-state index is 12.0. The third-order valence-corrected chi connectivity index (χ3v) is 4.68. The molecule has 1 amide bonds. The second-order valence-corrected chi connectivity index (χ2v) is 6.63. The molecule has 3 nitrogen and oxygen atoms in total. The Morgan fingerprint density at radius 1 is 1.19 bits per heavy atom. The van der Waals surface area contributed by atoms with Crippen LogP contribution in [-0.2, 0) is 4.79 Å². The summed E-state index contributed by atoms with van der Waals surface area (Å²) in [6.45, 7) is 1.94. The molecule has 21 heavy (non-hydrogen) atoms. The minimum absolute atomic E-state index is 0.0126. The fourth-order valence-electron chi connectivity index (χ4n) is 1.93. The van der Waals surface area contributed by atoms with Gasteiger partial charge in [-0.05, 0) is 30.5 Å². The number of hydrogen-bond donors (Lipinski definition) is 1. The summed E-state index contributed by atoms with van der Waals surface area (Å²) in [6, 6.07) is 11.1. The highest BCUT2D eigenvalue weighted by molar-refractivity contribution is 9.10. The van der Waals surface area contributed by atoms with Gasteiger partial charge in [0.05, 0.1) is 6.04 Å². The summed E-state index contributed by atoms with van der Waals surface area (Å²) in [5.41, 5.74) is 0.636. The Kier molecular flexibility index (Phi) is 5.70. The van der Waals surface area contributed by atoms with E-state index in [9.17, 15) is 9.59 Å². The van der Waals surface area contributed by atoms with E-state index >= 15 is 0 Å². The predicted octanol–water partition coefficient (Wildman–Crippen LogP) is 4.35. The quantitative estimate of drug-likeness (QED) is 0.773. The minimum Gasteiger partial charge on any atom is -0.349 e. The van der Waals surface area contributed by atoms with Gasteiger partial charge >= 0.3 is 0 Å². The van der Waals surface area contributed by atoms with Gasteiger partial charge in [-0.1, -0.05) is 34.1 Å². The third-order valence-electron chi connectivity index (χ3n) is 3.09. The molecule has 0 spiro atoms. The first kappa shape index (κ1) is 15.9. The molecule has 0 aliphatic rings. The van der Waals surface area contributed by atoms with Gasteiger partial charge in [0.2, 0.25) is 5.91 Å². The molecule has 0 aliphatic carbocycles. The molecule has 1 heterocycles. The maximum absolute atomic E-state index is 12.0. The van der Waals surface area contributed by atoms with Crippen molar-refractivity contribution in [2.24, 2.45) is 0 Å². The van der Waals surface area contributed by atoms with Gasteiger partial charge in [-0.15, -0.1) is 11.3 Å². The number of ketones is 1. The molecule has 1 aromatic heterocycles. The number of nitrogens with one attached hydrogen (secondary N) is 1. The summed E-state index contributed by atoms with van der Waals surface area (Å²) in [7, 11) is 0. The van der Waals surface area contributed by atoms with Gasteiger partial charge in [0.1, 0.15) is 0 Å². The smallest absolute Gasteiger partial charge is 0.220 e. The molecule has 110 valence electrons. The summed E-state index contributed by atoms with van der Waals surface area (Å²) >= 11 is 4.94. The Balaban J connectivity index is 1.81. The van der Waals surface area contributed by atoms with E-state index in [0.717, 1.165) is 9.35 Å². The normalized spacial score (nSPS) is 11.9. The summed E-state index contributed by atoms with van der Waals surface area (Å²) in [5, 5.41) is 4.89. The largest absolute Gasteiger partial charge is 0.349 e. The van der Waals surface area contributed by atoms with Crippen molar-refractivity contribution in [3.8, 4) is 0 Å². The van der Waals surface area contributed by atoms with Gasteiger partial charge in [-0.25, -0.2) is 0 Å². The van der Waals surface area contributed by atoms with Crippen molar-refractivity contribution >= 4 is 39.0 Å². The van der Waals surface area contributed by atoms with Crippen LogP contribution < -0.4 is 5.32 Å². The lowest BCUT2D eigenvalue weighted by molar-refractivity contribution is -0.121. The highest BCUT2D eigenvalue weighted by Crippen LogP contribution is 2.18. The summed E-state index contributed by atoms with van der Waals surface area (Å²) in [5.74, 6) is -0.109. The molecule has 1 atom stereocenters. The van der Waals surface area contributed by atoms with E-state index in [-0.39, 0.29) is 30.6 Å². The zero-order valence-electron chi connectivity index (χ0n) is 11.6. The molecular weight excluding hydrogens is 350 g/mol. The summed E-state index contributed by atoms with van der Waals surface area (Å²) in [4.78, 5) is 25.0. The molecule has 1 N–H and O–H groups in total. The van der Waals surface area contributed by atoms with E-state index in [1.165, 1.54) is 0 Å². The maximum Gasteiger partial charge on any atom is 0.220 e. The topological polar surface area (TPSA) is 46.2 Å². The Morgan fingerprint density at radius 2 is 1.90 bits per heavy atom. The second-order valence-electron chi connectivity index (χ2n) is 4.73. The fourth-order valence-corrected chi connectivity index (χ4v) is 2.93. The van der Waals surface area contributed by atoms with E-state index in [4.69, 9.17) is 0 Å². The lowest BCUT2D eigenvalue weighted by Gasteiger charge is -2.11. The number of carbonyl (C=O) groups excluding carboxylic acids is 2. The number of carbonyl (C=O) groups is 2. The SMILES string of the molecule is C[C@H](NC(=O)CCC(=O)c1ccc(Br)cc1)c1cccs1. The van der Waals surface area contributed by atoms with Crippen molar-refractivity contribution in [2.75, 3.05) is 0 Å². The second kappa shape index (κ2) is 7.52. The van der Waals surface area contributed by atoms with Crippen molar-refractivity contribution in [3.63, 3.8) is 0 Å². The lowest BCUT2D eigenvalue weighted by Crippen LogP contribution is -2.26. The Labute approximate surface area is 136 Å². The first-order chi connectivity index (χ1) is 10.1. The fraction of sp³-hybridized carbons (Fsp3) is 0.250. The summed E-state index contributed by atoms with van der Waals surface area (Å²) < 4.78 is 0.932. The zero-order valence-corrected chi connectivity index (χ0v) is 14.0. The summed E-state index contributed by atoms with van der Waals surface area (Å²) in [6.07, 6.45) is 0.440. The molecule has 2 aromatic rings. The van der Waals surface area contributed by atoms with Gasteiger partial charge in [-0.2, -0.15) is 0 Å². The molecule has 0 radical (unpaired) electrons. The van der Waals surface area contributed by atoms with Crippen molar-refractivity contribution in [1.29, 1.82) is 0 Å². The zero-order chi connectivity index (χ0) is 15.2. The van der Waals surface area contributed by atoms with Crippen LogP contribution in [0.25, 0.3) is 0 Å². The number of hydrogen-bond acceptors (Lipinski definition) is 3. The van der Waals surface area contributed by atoms with Crippen molar-refractivity contribution in [2.45, 2.75) is 25.8 Å². The number of rotatable bonds is 6. The van der Waals surface area contributed by atoms with Crippen LogP contribution in [0.1, 0.15) is 41.0 Å². The molecular formula is C16H16BrNO2S. The molecule has 1 aromatic carbocycles. The Hall–Kier alpha value is -1.46. The molecule has 0 fully saturated rings. The van der Waals surface area contributed by atoms with Crippen molar-refractivity contribution in [3.05, 3.63) is 56.7 Å². The Bertz CT molecular complexity index is 608. The van der Waals surface area contributed by atoms with Crippen LogP contribution in [0.4, 0.5) is 0 Å². The molecule has 2 rings (SSSR count). The molecule has 0 unspecified atom stereocenters. The van der Waals surface area contributed by atoms with Crippen molar-refractivity contribution < 1.29 is 9.59 Å². The van der Waals surface area contributed by atoms with E-state index in [1.54, 1.807) is 23.5 Å². The van der Waals surface area contributed by atoms with E-state index in [2.05, 4.69) is 21.2 Å². The molecule has 0 aliphatic heterocycles. The third kappa shape index (κ3) is 4.79. The van der Waals surface area contributed by atoms with Crippen LogP contribution in [0.5, 0.6) is 0 Å². The first-order valence-electron chi connectivity index (χ1n) is 6.68. The van der Waals surface area contributed by atoms with Gasteiger partial charge in [0, 0.05) is 27.8 Å². The molecule has 0 saturated heterocycles. The van der Waals surface area contributed by atoms with Crippen LogP contribution in [0.15, 0.2) is 46.3 Å².